The molecule has 1 aliphatic heterocycles. The van der Waals surface area contributed by atoms with Gasteiger partial charge in [-0.1, -0.05) is 48.5 Å². The van der Waals surface area contributed by atoms with Crippen molar-refractivity contribution in [1.82, 2.24) is 10.2 Å². The van der Waals surface area contributed by atoms with Gasteiger partial charge in [0, 0.05) is 25.2 Å². The number of hydrogen-bond acceptors (Lipinski definition) is 2. The SMILES string of the molecule is CC(c1ccccc1)N1CCC(NC(=O)Cc2ccc3c(c2)CCC3)C1. The van der Waals surface area contributed by atoms with Crippen LogP contribution in [0.3, 0.4) is 0 Å². The third-order valence-electron chi connectivity index (χ3n) is 5.94. The summed E-state index contributed by atoms with van der Waals surface area (Å²) >= 11 is 0. The molecule has 2 aromatic carbocycles. The second-order valence-corrected chi connectivity index (χ2v) is 7.77. The Kier molecular flexibility index (Phi) is 5.07. The van der Waals surface area contributed by atoms with Gasteiger partial charge in [0.15, 0.2) is 0 Å². The maximum Gasteiger partial charge on any atom is 0.224 e. The van der Waals surface area contributed by atoms with Crippen LogP contribution in [-0.2, 0) is 24.1 Å². The van der Waals surface area contributed by atoms with Gasteiger partial charge < -0.3 is 5.32 Å². The zero-order valence-corrected chi connectivity index (χ0v) is 15.6. The highest BCUT2D eigenvalue weighted by Crippen LogP contribution is 2.25. The minimum absolute atomic E-state index is 0.155. The Balaban J connectivity index is 1.30. The molecule has 4 rings (SSSR count). The second kappa shape index (κ2) is 7.63. The molecule has 0 radical (unpaired) electrons. The van der Waals surface area contributed by atoms with Crippen molar-refractivity contribution >= 4 is 5.91 Å². The molecule has 1 amide bonds. The zero-order chi connectivity index (χ0) is 17.9. The lowest BCUT2D eigenvalue weighted by atomic mass is 10.0. The predicted molar refractivity (Wildman–Crippen MR) is 105 cm³/mol. The number of carbonyl (C=O) groups is 1. The lowest BCUT2D eigenvalue weighted by Gasteiger charge is -2.24. The van der Waals surface area contributed by atoms with Gasteiger partial charge in [-0.05, 0) is 54.9 Å². The van der Waals surface area contributed by atoms with Gasteiger partial charge in [0.05, 0.1) is 6.42 Å². The van der Waals surface area contributed by atoms with E-state index < -0.39 is 0 Å². The summed E-state index contributed by atoms with van der Waals surface area (Å²) in [5.41, 5.74) is 5.41. The minimum atomic E-state index is 0.155. The summed E-state index contributed by atoms with van der Waals surface area (Å²) in [5.74, 6) is 0.155. The van der Waals surface area contributed by atoms with Gasteiger partial charge in [0.1, 0.15) is 0 Å². The van der Waals surface area contributed by atoms with Crippen molar-refractivity contribution in [2.24, 2.45) is 0 Å². The van der Waals surface area contributed by atoms with Gasteiger partial charge >= 0.3 is 0 Å². The largest absolute Gasteiger partial charge is 0.352 e. The zero-order valence-electron chi connectivity index (χ0n) is 15.6. The summed E-state index contributed by atoms with van der Waals surface area (Å²) in [6.45, 7) is 4.23. The first-order valence-electron chi connectivity index (χ1n) is 9.88. The van der Waals surface area contributed by atoms with E-state index >= 15 is 0 Å². The number of fused-ring (bicyclic) bond motifs is 1. The highest BCUT2D eigenvalue weighted by molar-refractivity contribution is 5.79. The number of rotatable bonds is 5. The van der Waals surface area contributed by atoms with Gasteiger partial charge in [-0.3, -0.25) is 9.69 Å². The number of amides is 1. The highest BCUT2D eigenvalue weighted by atomic mass is 16.1. The molecule has 2 aliphatic rings. The first-order valence-corrected chi connectivity index (χ1v) is 9.88. The smallest absolute Gasteiger partial charge is 0.224 e. The van der Waals surface area contributed by atoms with Crippen LogP contribution in [0.15, 0.2) is 48.5 Å². The van der Waals surface area contributed by atoms with E-state index in [-0.39, 0.29) is 11.9 Å². The van der Waals surface area contributed by atoms with E-state index in [1.807, 2.05) is 0 Å². The third kappa shape index (κ3) is 3.83. The lowest BCUT2D eigenvalue weighted by molar-refractivity contribution is -0.121. The fourth-order valence-corrected chi connectivity index (χ4v) is 4.40. The molecule has 0 bridgehead atoms. The van der Waals surface area contributed by atoms with Gasteiger partial charge in [-0.15, -0.1) is 0 Å². The Morgan fingerprint density at radius 3 is 2.81 bits per heavy atom. The summed E-state index contributed by atoms with van der Waals surface area (Å²) in [6.07, 6.45) is 5.15. The average molecular weight is 348 g/mol. The topological polar surface area (TPSA) is 32.3 Å². The Bertz CT molecular complexity index is 771. The van der Waals surface area contributed by atoms with Crippen LogP contribution in [0.25, 0.3) is 0 Å². The Labute approximate surface area is 156 Å². The molecule has 1 heterocycles. The average Bonchev–Trinajstić information content (AvgIpc) is 3.30. The van der Waals surface area contributed by atoms with Crippen LogP contribution in [0, 0.1) is 0 Å². The molecule has 26 heavy (non-hydrogen) atoms. The van der Waals surface area contributed by atoms with Crippen LogP contribution in [0.4, 0.5) is 0 Å². The van der Waals surface area contributed by atoms with Crippen molar-refractivity contribution in [2.75, 3.05) is 13.1 Å². The fourth-order valence-electron chi connectivity index (χ4n) is 4.40. The van der Waals surface area contributed by atoms with Crippen LogP contribution in [0.5, 0.6) is 0 Å². The molecule has 2 aromatic rings. The first kappa shape index (κ1) is 17.3. The third-order valence-corrected chi connectivity index (χ3v) is 5.94. The lowest BCUT2D eigenvalue weighted by Crippen LogP contribution is -2.38. The number of nitrogens with one attached hydrogen (secondary N) is 1. The quantitative estimate of drug-likeness (QED) is 0.894. The van der Waals surface area contributed by atoms with Crippen LogP contribution in [-0.4, -0.2) is 29.9 Å². The monoisotopic (exact) mass is 348 g/mol. The van der Waals surface area contributed by atoms with Gasteiger partial charge in [0.25, 0.3) is 0 Å². The van der Waals surface area contributed by atoms with Crippen molar-refractivity contribution in [1.29, 1.82) is 0 Å². The molecular formula is C23H28N2O. The van der Waals surface area contributed by atoms with Gasteiger partial charge in [0.2, 0.25) is 5.91 Å². The summed E-state index contributed by atoms with van der Waals surface area (Å²) in [5, 5.41) is 3.25. The maximum absolute atomic E-state index is 12.5. The molecule has 0 spiro atoms. The Morgan fingerprint density at radius 2 is 1.96 bits per heavy atom. The van der Waals surface area contributed by atoms with Gasteiger partial charge in [-0.25, -0.2) is 0 Å². The predicted octanol–water partition coefficient (Wildman–Crippen LogP) is 3.67. The van der Waals surface area contributed by atoms with E-state index in [0.717, 1.165) is 25.1 Å². The second-order valence-electron chi connectivity index (χ2n) is 7.77. The van der Waals surface area contributed by atoms with E-state index in [0.29, 0.717) is 12.5 Å². The maximum atomic E-state index is 12.5. The summed E-state index contributed by atoms with van der Waals surface area (Å²) in [7, 11) is 0. The van der Waals surface area contributed by atoms with Crippen molar-refractivity contribution in [3.05, 3.63) is 70.8 Å². The molecule has 1 saturated heterocycles. The number of carbonyl (C=O) groups excluding carboxylic acids is 1. The van der Waals surface area contributed by atoms with Crippen LogP contribution in [0.1, 0.15) is 48.1 Å². The number of hydrogen-bond donors (Lipinski definition) is 1. The van der Waals surface area contributed by atoms with Gasteiger partial charge in [-0.2, -0.15) is 0 Å². The molecule has 1 fully saturated rings. The summed E-state index contributed by atoms with van der Waals surface area (Å²) < 4.78 is 0. The van der Waals surface area contributed by atoms with E-state index in [1.54, 1.807) is 0 Å². The number of likely N-dealkylation sites (tertiary alicyclic amines) is 1. The molecule has 2 atom stereocenters. The molecule has 3 heteroatoms. The van der Waals surface area contributed by atoms with E-state index in [9.17, 15) is 4.79 Å². The van der Waals surface area contributed by atoms with Crippen LogP contribution < -0.4 is 5.32 Å². The normalized spacial score (nSPS) is 20.7. The molecule has 3 nitrogen and oxygen atoms in total. The summed E-state index contributed by atoms with van der Waals surface area (Å²) in [6, 6.07) is 17.9. The van der Waals surface area contributed by atoms with Crippen LogP contribution >= 0.6 is 0 Å². The van der Waals surface area contributed by atoms with E-state index in [2.05, 4.69) is 65.7 Å². The summed E-state index contributed by atoms with van der Waals surface area (Å²) in [4.78, 5) is 15.0. The van der Waals surface area contributed by atoms with Crippen molar-refractivity contribution in [3.8, 4) is 0 Å². The molecule has 0 saturated carbocycles. The Hall–Kier alpha value is -2.13. The molecular weight excluding hydrogens is 320 g/mol. The molecule has 0 aromatic heterocycles. The van der Waals surface area contributed by atoms with Crippen molar-refractivity contribution < 1.29 is 4.79 Å². The van der Waals surface area contributed by atoms with Crippen molar-refractivity contribution in [2.45, 2.75) is 51.1 Å². The molecule has 1 aliphatic carbocycles. The van der Waals surface area contributed by atoms with Crippen LogP contribution in [0.2, 0.25) is 0 Å². The highest BCUT2D eigenvalue weighted by Gasteiger charge is 2.27. The standard InChI is InChI=1S/C23H28N2O/c1-17(19-6-3-2-4-7-19)25-13-12-22(16-25)24-23(26)15-18-10-11-20-8-5-9-21(20)14-18/h2-4,6-7,10-11,14,17,22H,5,8-9,12-13,15-16H2,1H3,(H,24,26). The van der Waals surface area contributed by atoms with E-state index in [4.69, 9.17) is 0 Å². The number of benzene rings is 2. The number of aryl methyl sites for hydroxylation is 2. The first-order chi connectivity index (χ1) is 12.7. The fraction of sp³-hybridized carbons (Fsp3) is 0.435. The minimum Gasteiger partial charge on any atom is -0.352 e. The Morgan fingerprint density at radius 1 is 1.15 bits per heavy atom. The van der Waals surface area contributed by atoms with E-state index in [1.165, 1.54) is 36.0 Å². The number of nitrogens with zero attached hydrogens (tertiary/aromatic N) is 1. The van der Waals surface area contributed by atoms with Crippen molar-refractivity contribution in [3.63, 3.8) is 0 Å². The molecule has 1 N–H and O–H groups in total. The molecule has 2 unspecified atom stereocenters. The molecule has 136 valence electrons.